The summed E-state index contributed by atoms with van der Waals surface area (Å²) in [7, 11) is 0. The summed E-state index contributed by atoms with van der Waals surface area (Å²) in [5, 5.41) is 5.88. The van der Waals surface area contributed by atoms with E-state index in [1.165, 1.54) is 48.5 Å². The van der Waals surface area contributed by atoms with Crippen LogP contribution in [0.5, 0.6) is 5.75 Å². The molecule has 0 radical (unpaired) electrons. The third kappa shape index (κ3) is 6.86. The van der Waals surface area contributed by atoms with Crippen LogP contribution in [0.15, 0.2) is 73.1 Å². The van der Waals surface area contributed by atoms with Crippen LogP contribution in [-0.2, 0) is 17.5 Å². The van der Waals surface area contributed by atoms with Crippen molar-refractivity contribution in [2.45, 2.75) is 46.1 Å². The molecule has 0 aliphatic heterocycles. The van der Waals surface area contributed by atoms with Gasteiger partial charge in [0.1, 0.15) is 29.3 Å². The lowest BCUT2D eigenvalue weighted by atomic mass is 10.1. The number of esters is 1. The van der Waals surface area contributed by atoms with E-state index in [0.29, 0.717) is 11.3 Å². The summed E-state index contributed by atoms with van der Waals surface area (Å²) in [4.78, 5) is 29.7. The molecule has 5 rings (SSSR count). The number of aromatic nitrogens is 4. The van der Waals surface area contributed by atoms with E-state index in [1.807, 2.05) is 13.1 Å². The molecule has 0 saturated heterocycles. The van der Waals surface area contributed by atoms with Gasteiger partial charge in [0.15, 0.2) is 5.69 Å². The van der Waals surface area contributed by atoms with Crippen LogP contribution in [0.1, 0.15) is 58.6 Å². The van der Waals surface area contributed by atoms with Crippen LogP contribution in [0.3, 0.4) is 0 Å². The molecule has 3 heterocycles. The van der Waals surface area contributed by atoms with Crippen LogP contribution in [0.2, 0.25) is 5.02 Å². The molecular weight excluding hydrogens is 599 g/mol. The van der Waals surface area contributed by atoms with Crippen LogP contribution in [0.4, 0.5) is 18.9 Å². The molecule has 0 unspecified atom stereocenters. The number of alkyl halides is 3. The highest BCUT2D eigenvalue weighted by Gasteiger charge is 2.39. The predicted molar refractivity (Wildman–Crippen MR) is 157 cm³/mol. The van der Waals surface area contributed by atoms with Crippen LogP contribution >= 0.6 is 11.6 Å². The number of ether oxygens (including phenoxy) is 2. The van der Waals surface area contributed by atoms with Crippen molar-refractivity contribution in [3.8, 4) is 11.4 Å². The van der Waals surface area contributed by atoms with Crippen LogP contribution < -0.4 is 10.1 Å². The molecule has 1 N–H and O–H groups in total. The molecule has 13 heteroatoms. The fraction of sp³-hybridized carbons (Fsp3) is 0.226. The van der Waals surface area contributed by atoms with Gasteiger partial charge in [-0.05, 0) is 82.3 Å². The van der Waals surface area contributed by atoms with Crippen LogP contribution in [-0.4, -0.2) is 36.6 Å². The van der Waals surface area contributed by atoms with Crippen molar-refractivity contribution in [1.29, 1.82) is 0 Å². The Hall–Kier alpha value is -4.84. The van der Waals surface area contributed by atoms with Gasteiger partial charge in [-0.1, -0.05) is 17.7 Å². The van der Waals surface area contributed by atoms with E-state index in [1.54, 1.807) is 43.5 Å². The smallest absolute Gasteiger partial charge is 0.436 e. The van der Waals surface area contributed by atoms with Crippen LogP contribution in [0, 0.1) is 6.92 Å². The quantitative estimate of drug-likeness (QED) is 0.191. The number of hydrogen-bond acceptors (Lipinski definition) is 6. The number of imidazole rings is 1. The minimum absolute atomic E-state index is 0.0892. The normalized spacial score (nSPS) is 11.9. The first kappa shape index (κ1) is 30.6. The number of carbonyl (C=O) groups is 2. The van der Waals surface area contributed by atoms with E-state index >= 15 is 0 Å². The standard InChI is InChI=1S/C31H27ClF3N5O4/c1-18-15-39-16-21(10-13-25(39)36-18)37-28(41)20-6-5-7-22(14-20)40-24(26(32)27(38-40)31(33,34)35)17-43-23-11-8-19(9-12-23)29(42)44-30(2,3)4/h5-16H,17H2,1-4H3,(H,37,41). The zero-order valence-corrected chi connectivity index (χ0v) is 24.8. The number of carbonyl (C=O) groups excluding carboxylic acids is 2. The number of nitrogens with one attached hydrogen (secondary N) is 1. The Morgan fingerprint density at radius 1 is 0.977 bits per heavy atom. The first-order valence-corrected chi connectivity index (χ1v) is 13.7. The van der Waals surface area contributed by atoms with Gasteiger partial charge in [-0.25, -0.2) is 14.5 Å². The molecule has 1 amide bonds. The average molecular weight is 626 g/mol. The van der Waals surface area contributed by atoms with Crippen LogP contribution in [0.25, 0.3) is 11.3 Å². The Kier molecular flexibility index (Phi) is 8.13. The molecule has 0 aliphatic rings. The second-order valence-corrected chi connectivity index (χ2v) is 11.3. The minimum atomic E-state index is -4.84. The molecule has 2 aromatic carbocycles. The number of nitrogens with zero attached hydrogens (tertiary/aromatic N) is 4. The van der Waals surface area contributed by atoms with Gasteiger partial charge >= 0.3 is 12.1 Å². The second-order valence-electron chi connectivity index (χ2n) is 10.9. The molecule has 228 valence electrons. The molecular formula is C31H27ClF3N5O4. The van der Waals surface area contributed by atoms with Gasteiger partial charge in [0.05, 0.1) is 27.7 Å². The summed E-state index contributed by atoms with van der Waals surface area (Å²) in [6.07, 6.45) is -1.33. The molecule has 0 spiro atoms. The number of fused-ring (bicyclic) bond motifs is 1. The SMILES string of the molecule is Cc1cn2cc(NC(=O)c3cccc(-n4nc(C(F)(F)F)c(Cl)c4COc4ccc(C(=O)OC(C)(C)C)cc4)c3)ccc2n1. The Morgan fingerprint density at radius 3 is 2.39 bits per heavy atom. The molecule has 0 fully saturated rings. The molecule has 0 aliphatic carbocycles. The zero-order valence-electron chi connectivity index (χ0n) is 24.1. The van der Waals surface area contributed by atoms with Gasteiger partial charge in [-0.2, -0.15) is 18.3 Å². The average Bonchev–Trinajstić information content (AvgIpc) is 3.49. The van der Waals surface area contributed by atoms with Crippen molar-refractivity contribution in [2.24, 2.45) is 0 Å². The molecule has 5 aromatic rings. The van der Waals surface area contributed by atoms with Crippen molar-refractivity contribution in [3.05, 3.63) is 106 Å². The lowest BCUT2D eigenvalue weighted by Crippen LogP contribution is -2.23. The van der Waals surface area contributed by atoms with E-state index in [0.717, 1.165) is 10.4 Å². The largest absolute Gasteiger partial charge is 0.487 e. The van der Waals surface area contributed by atoms with E-state index < -0.39 is 41.0 Å². The summed E-state index contributed by atoms with van der Waals surface area (Å²) < 4.78 is 55.3. The maximum absolute atomic E-state index is 13.8. The summed E-state index contributed by atoms with van der Waals surface area (Å²) in [6, 6.07) is 15.3. The third-order valence-electron chi connectivity index (χ3n) is 6.23. The summed E-state index contributed by atoms with van der Waals surface area (Å²) in [5.41, 5.74) is 0.587. The van der Waals surface area contributed by atoms with Crippen molar-refractivity contribution in [2.75, 3.05) is 5.32 Å². The van der Waals surface area contributed by atoms with Gasteiger partial charge in [0, 0.05) is 18.0 Å². The number of amides is 1. The summed E-state index contributed by atoms with van der Waals surface area (Å²) in [6.45, 7) is 6.69. The maximum Gasteiger partial charge on any atom is 0.436 e. The second kappa shape index (κ2) is 11.7. The number of halogens is 4. The first-order valence-electron chi connectivity index (χ1n) is 13.4. The molecule has 0 saturated carbocycles. The number of hydrogen-bond donors (Lipinski definition) is 1. The Balaban J connectivity index is 1.39. The molecule has 0 bridgehead atoms. The molecule has 0 atom stereocenters. The van der Waals surface area contributed by atoms with Crippen molar-refractivity contribution >= 4 is 34.8 Å². The molecule has 9 nitrogen and oxygen atoms in total. The molecule has 44 heavy (non-hydrogen) atoms. The summed E-state index contributed by atoms with van der Waals surface area (Å²) >= 11 is 6.19. The Labute approximate surface area is 255 Å². The third-order valence-corrected chi connectivity index (χ3v) is 6.63. The van der Waals surface area contributed by atoms with E-state index in [9.17, 15) is 22.8 Å². The number of aryl methyl sites for hydroxylation is 1. The Morgan fingerprint density at radius 2 is 1.70 bits per heavy atom. The van der Waals surface area contributed by atoms with Crippen molar-refractivity contribution in [3.63, 3.8) is 0 Å². The number of pyridine rings is 1. The first-order chi connectivity index (χ1) is 20.7. The van der Waals surface area contributed by atoms with Gasteiger partial charge in [0.2, 0.25) is 0 Å². The summed E-state index contributed by atoms with van der Waals surface area (Å²) in [5.74, 6) is -0.741. The number of benzene rings is 2. The lowest BCUT2D eigenvalue weighted by Gasteiger charge is -2.19. The van der Waals surface area contributed by atoms with E-state index in [-0.39, 0.29) is 28.3 Å². The highest BCUT2D eigenvalue weighted by molar-refractivity contribution is 6.32. The topological polar surface area (TPSA) is 99.8 Å². The van der Waals surface area contributed by atoms with E-state index in [2.05, 4.69) is 15.4 Å². The van der Waals surface area contributed by atoms with Gasteiger partial charge in [0.25, 0.3) is 5.91 Å². The predicted octanol–water partition coefficient (Wildman–Crippen LogP) is 7.29. The zero-order chi connectivity index (χ0) is 31.8. The van der Waals surface area contributed by atoms with Gasteiger partial charge in [-0.15, -0.1) is 0 Å². The number of rotatable bonds is 7. The fourth-order valence-electron chi connectivity index (χ4n) is 4.30. The number of anilines is 1. The van der Waals surface area contributed by atoms with Gasteiger partial charge < -0.3 is 19.2 Å². The minimum Gasteiger partial charge on any atom is -0.487 e. The Bertz CT molecular complexity index is 1860. The highest BCUT2D eigenvalue weighted by atomic mass is 35.5. The lowest BCUT2D eigenvalue weighted by molar-refractivity contribution is -0.141. The highest BCUT2D eigenvalue weighted by Crippen LogP contribution is 2.37. The van der Waals surface area contributed by atoms with Crippen molar-refractivity contribution in [1.82, 2.24) is 19.2 Å². The fourth-order valence-corrected chi connectivity index (χ4v) is 4.58. The van der Waals surface area contributed by atoms with E-state index in [4.69, 9.17) is 21.1 Å². The monoisotopic (exact) mass is 625 g/mol. The van der Waals surface area contributed by atoms with Crippen molar-refractivity contribution < 1.29 is 32.2 Å². The van der Waals surface area contributed by atoms with Gasteiger partial charge in [-0.3, -0.25) is 4.79 Å². The molecule has 3 aromatic heterocycles. The maximum atomic E-state index is 13.8.